The number of rotatable bonds is 9. The molecule has 1 aliphatic carbocycles. The van der Waals surface area contributed by atoms with E-state index in [2.05, 4.69) is 115 Å². The topological polar surface area (TPSA) is 31.0 Å². The van der Waals surface area contributed by atoms with E-state index in [-0.39, 0.29) is 18.3 Å². The van der Waals surface area contributed by atoms with Crippen LogP contribution in [0.5, 0.6) is 0 Å². The summed E-state index contributed by atoms with van der Waals surface area (Å²) in [4.78, 5) is 0. The van der Waals surface area contributed by atoms with Gasteiger partial charge in [0.1, 0.15) is 11.7 Å². The van der Waals surface area contributed by atoms with Crippen molar-refractivity contribution in [2.75, 3.05) is 6.61 Å². The zero-order valence-electron chi connectivity index (χ0n) is 19.7. The molecule has 1 heterocycles. The third-order valence-electron chi connectivity index (χ3n) is 7.29. The molecule has 0 radical (unpaired) electrons. The molecule has 2 fully saturated rings. The van der Waals surface area contributed by atoms with E-state index in [4.69, 9.17) is 14.2 Å². The van der Waals surface area contributed by atoms with Gasteiger partial charge in [0.15, 0.2) is 0 Å². The monoisotopic (exact) mass is 462 g/mol. The van der Waals surface area contributed by atoms with Crippen LogP contribution < -0.4 is 0 Å². The molecular formula is C32H30O3. The maximum atomic E-state index is 7.04. The minimum absolute atomic E-state index is 0.119. The minimum atomic E-state index is -0.697. The molecule has 4 aromatic carbocycles. The van der Waals surface area contributed by atoms with Crippen LogP contribution >= 0.6 is 0 Å². The number of ether oxygens (including phenoxy) is 3. The lowest BCUT2D eigenvalue weighted by atomic mass is 9.80. The Morgan fingerprint density at radius 3 is 1.63 bits per heavy atom. The van der Waals surface area contributed by atoms with E-state index in [9.17, 15) is 0 Å². The fourth-order valence-corrected chi connectivity index (χ4v) is 5.49. The molecular weight excluding hydrogens is 432 g/mol. The van der Waals surface area contributed by atoms with Gasteiger partial charge in [-0.3, -0.25) is 0 Å². The number of hydrogen-bond donors (Lipinski definition) is 0. The lowest BCUT2D eigenvalue weighted by Gasteiger charge is -2.37. The van der Waals surface area contributed by atoms with E-state index in [0.29, 0.717) is 19.1 Å². The van der Waals surface area contributed by atoms with E-state index in [1.54, 1.807) is 0 Å². The Bertz CT molecular complexity index is 1110. The van der Waals surface area contributed by atoms with Gasteiger partial charge in [0.2, 0.25) is 0 Å². The Hall–Kier alpha value is -3.24. The Balaban J connectivity index is 1.26. The summed E-state index contributed by atoms with van der Waals surface area (Å²) in [5.41, 5.74) is 3.87. The van der Waals surface area contributed by atoms with Crippen LogP contribution in [0.1, 0.15) is 28.7 Å². The molecule has 0 bridgehead atoms. The van der Waals surface area contributed by atoms with Crippen LogP contribution in [0, 0.1) is 5.92 Å². The second-order valence-electron chi connectivity index (χ2n) is 9.49. The normalized spacial score (nSPS) is 23.1. The van der Waals surface area contributed by atoms with Gasteiger partial charge in [-0.25, -0.2) is 0 Å². The Morgan fingerprint density at radius 2 is 1.11 bits per heavy atom. The number of fused-ring (bicyclic) bond motifs is 1. The highest BCUT2D eigenvalue weighted by molar-refractivity contribution is 5.47. The largest absolute Gasteiger partial charge is 0.371 e. The molecule has 0 amide bonds. The third kappa shape index (κ3) is 4.43. The average molecular weight is 463 g/mol. The molecule has 176 valence electrons. The Labute approximate surface area is 207 Å². The second-order valence-corrected chi connectivity index (χ2v) is 9.49. The van der Waals surface area contributed by atoms with Crippen LogP contribution in [-0.4, -0.2) is 24.9 Å². The smallest absolute Gasteiger partial charge is 0.143 e. The summed E-state index contributed by atoms with van der Waals surface area (Å²) >= 11 is 0. The summed E-state index contributed by atoms with van der Waals surface area (Å²) in [5, 5.41) is 0. The summed E-state index contributed by atoms with van der Waals surface area (Å²) in [5.74, 6) is 0.302. The summed E-state index contributed by atoms with van der Waals surface area (Å²) in [6, 6.07) is 42.0. The lowest BCUT2D eigenvalue weighted by Crippen LogP contribution is -2.35. The van der Waals surface area contributed by atoms with Crippen LogP contribution in [0.2, 0.25) is 0 Å². The first-order valence-electron chi connectivity index (χ1n) is 12.5. The van der Waals surface area contributed by atoms with Crippen molar-refractivity contribution in [1.29, 1.82) is 0 Å². The van der Waals surface area contributed by atoms with Crippen molar-refractivity contribution in [3.8, 4) is 0 Å². The van der Waals surface area contributed by atoms with Crippen LogP contribution in [0.15, 0.2) is 121 Å². The van der Waals surface area contributed by atoms with Crippen LogP contribution in [0.3, 0.4) is 0 Å². The molecule has 3 nitrogen and oxygen atoms in total. The van der Waals surface area contributed by atoms with Crippen molar-refractivity contribution in [2.45, 2.75) is 36.9 Å². The van der Waals surface area contributed by atoms with Gasteiger partial charge in [0, 0.05) is 5.92 Å². The first-order valence-corrected chi connectivity index (χ1v) is 12.5. The highest BCUT2D eigenvalue weighted by Gasteiger charge is 2.57. The predicted molar refractivity (Wildman–Crippen MR) is 137 cm³/mol. The van der Waals surface area contributed by atoms with E-state index >= 15 is 0 Å². The first kappa shape index (κ1) is 22.2. The molecule has 1 saturated carbocycles. The summed E-state index contributed by atoms with van der Waals surface area (Å²) in [6.45, 7) is 1.22. The Kier molecular flexibility index (Phi) is 6.22. The van der Waals surface area contributed by atoms with Crippen molar-refractivity contribution in [1.82, 2.24) is 0 Å². The van der Waals surface area contributed by atoms with Crippen molar-refractivity contribution in [3.63, 3.8) is 0 Å². The molecule has 0 aromatic heterocycles. The molecule has 0 N–H and O–H groups in total. The molecule has 3 heteroatoms. The van der Waals surface area contributed by atoms with Gasteiger partial charge in [0.05, 0.1) is 25.4 Å². The molecule has 2 aliphatic rings. The number of benzene rings is 4. The minimum Gasteiger partial charge on any atom is -0.371 e. The van der Waals surface area contributed by atoms with E-state index < -0.39 is 5.60 Å². The highest BCUT2D eigenvalue weighted by Crippen LogP contribution is 2.47. The zero-order valence-corrected chi connectivity index (χ0v) is 19.7. The Morgan fingerprint density at radius 1 is 0.629 bits per heavy atom. The van der Waals surface area contributed by atoms with Gasteiger partial charge in [0.25, 0.3) is 0 Å². The van der Waals surface area contributed by atoms with Gasteiger partial charge in [-0.2, -0.15) is 0 Å². The highest BCUT2D eigenvalue weighted by atomic mass is 16.6. The molecule has 4 aromatic rings. The van der Waals surface area contributed by atoms with Crippen molar-refractivity contribution in [2.24, 2.45) is 5.92 Å². The van der Waals surface area contributed by atoms with Crippen LogP contribution in [-0.2, 0) is 26.4 Å². The molecule has 6 rings (SSSR count). The summed E-state index contributed by atoms with van der Waals surface area (Å²) in [6.07, 6.45) is 1.48. The molecule has 0 unspecified atom stereocenters. The number of hydrogen-bond acceptors (Lipinski definition) is 3. The average Bonchev–Trinajstić information content (AvgIpc) is 3.66. The maximum absolute atomic E-state index is 7.04. The van der Waals surface area contributed by atoms with Crippen molar-refractivity contribution >= 4 is 0 Å². The predicted octanol–water partition coefficient (Wildman–Crippen LogP) is 6.37. The van der Waals surface area contributed by atoms with Crippen molar-refractivity contribution < 1.29 is 14.2 Å². The molecule has 1 aliphatic heterocycles. The molecule has 35 heavy (non-hydrogen) atoms. The van der Waals surface area contributed by atoms with E-state index in [1.807, 2.05) is 6.07 Å². The first-order chi connectivity index (χ1) is 17.3. The molecule has 1 saturated heterocycles. The third-order valence-corrected chi connectivity index (χ3v) is 7.29. The van der Waals surface area contributed by atoms with Gasteiger partial charge in [-0.1, -0.05) is 121 Å². The molecule has 4 atom stereocenters. The zero-order chi connectivity index (χ0) is 23.5. The van der Waals surface area contributed by atoms with Crippen molar-refractivity contribution in [3.05, 3.63) is 144 Å². The van der Waals surface area contributed by atoms with Crippen LogP contribution in [0.4, 0.5) is 0 Å². The maximum Gasteiger partial charge on any atom is 0.143 e. The SMILES string of the molecule is c1ccc(CO[C@H]2C[C@H](COC(c3ccccc3)(c3ccccc3)c3ccccc3)[C@@H]3O[C@@H]32)cc1. The van der Waals surface area contributed by atoms with Gasteiger partial charge < -0.3 is 14.2 Å². The second kappa shape index (κ2) is 9.79. The van der Waals surface area contributed by atoms with E-state index in [0.717, 1.165) is 23.1 Å². The van der Waals surface area contributed by atoms with Gasteiger partial charge >= 0.3 is 0 Å². The standard InChI is InChI=1S/C32H30O3/c1-5-13-24(14-6-1)22-33-29-21-25(30-31(29)35-30)23-34-32(26-15-7-2-8-16-26,27-17-9-3-10-18-27)28-19-11-4-12-20-28/h1-20,25,29-31H,21-23H2/t25-,29+,30+,31-/m1/s1. The van der Waals surface area contributed by atoms with Gasteiger partial charge in [-0.15, -0.1) is 0 Å². The fourth-order valence-electron chi connectivity index (χ4n) is 5.49. The molecule has 0 spiro atoms. The van der Waals surface area contributed by atoms with Crippen LogP contribution in [0.25, 0.3) is 0 Å². The van der Waals surface area contributed by atoms with Gasteiger partial charge in [-0.05, 0) is 28.7 Å². The quantitative estimate of drug-likeness (QED) is 0.214. The summed E-state index contributed by atoms with van der Waals surface area (Å²) in [7, 11) is 0. The summed E-state index contributed by atoms with van der Waals surface area (Å²) < 4.78 is 19.4. The lowest BCUT2D eigenvalue weighted by molar-refractivity contribution is -0.0367. The van der Waals surface area contributed by atoms with E-state index in [1.165, 1.54) is 5.56 Å². The fraction of sp³-hybridized carbons (Fsp3) is 0.250. The number of epoxide rings is 1.